The van der Waals surface area contributed by atoms with Crippen molar-refractivity contribution in [3.63, 3.8) is 0 Å². The Labute approximate surface area is 121 Å². The summed E-state index contributed by atoms with van der Waals surface area (Å²) < 4.78 is 57.2. The van der Waals surface area contributed by atoms with E-state index in [1.165, 1.54) is 18.2 Å². The van der Waals surface area contributed by atoms with Gasteiger partial charge in [-0.1, -0.05) is 23.7 Å². The second-order valence-corrected chi connectivity index (χ2v) is 4.40. The molecule has 2 aromatic rings. The predicted octanol–water partition coefficient (Wildman–Crippen LogP) is 4.16. The van der Waals surface area contributed by atoms with Crippen LogP contribution in [0.5, 0.6) is 5.75 Å². The van der Waals surface area contributed by atoms with Crippen molar-refractivity contribution in [3.8, 4) is 5.75 Å². The summed E-state index contributed by atoms with van der Waals surface area (Å²) in [5.74, 6) is -8.62. The van der Waals surface area contributed by atoms with Gasteiger partial charge in [-0.2, -0.15) is 8.78 Å². The molecule has 0 aliphatic heterocycles. The number of carbonyl (C=O) groups is 1. The normalized spacial score (nSPS) is 10.5. The van der Waals surface area contributed by atoms with E-state index in [-0.39, 0.29) is 16.7 Å². The molecule has 110 valence electrons. The van der Waals surface area contributed by atoms with Gasteiger partial charge in [0, 0.05) is 11.6 Å². The third-order valence-corrected chi connectivity index (χ3v) is 2.92. The van der Waals surface area contributed by atoms with Crippen LogP contribution in [0.25, 0.3) is 0 Å². The standard InChI is InChI=1S/C14H7ClF4O2/c15-8-4-2-1-3-7(8)11(20)6-21-14-12(18)9(16)5-10(17)13(14)19/h1-5H,6H2. The molecule has 2 aromatic carbocycles. The maximum Gasteiger partial charge on any atom is 0.203 e. The maximum atomic E-state index is 13.3. The van der Waals surface area contributed by atoms with Gasteiger partial charge in [0.2, 0.25) is 17.4 Å². The van der Waals surface area contributed by atoms with E-state index in [0.717, 1.165) is 0 Å². The van der Waals surface area contributed by atoms with Crippen molar-refractivity contribution in [2.45, 2.75) is 0 Å². The Morgan fingerprint density at radius 1 is 1.05 bits per heavy atom. The highest BCUT2D eigenvalue weighted by Crippen LogP contribution is 2.26. The van der Waals surface area contributed by atoms with E-state index in [0.29, 0.717) is 0 Å². The molecule has 0 aliphatic carbocycles. The van der Waals surface area contributed by atoms with Crippen LogP contribution < -0.4 is 4.74 Å². The van der Waals surface area contributed by atoms with Gasteiger partial charge in [0.1, 0.15) is 0 Å². The minimum absolute atomic E-state index is 0.0490. The van der Waals surface area contributed by atoms with E-state index >= 15 is 0 Å². The van der Waals surface area contributed by atoms with Gasteiger partial charge in [0.15, 0.2) is 24.0 Å². The van der Waals surface area contributed by atoms with Gasteiger partial charge < -0.3 is 4.74 Å². The molecular weight excluding hydrogens is 312 g/mol. The Kier molecular flexibility index (Phi) is 4.47. The first-order chi connectivity index (χ1) is 9.91. The van der Waals surface area contributed by atoms with Crippen molar-refractivity contribution in [1.82, 2.24) is 0 Å². The fourth-order valence-electron chi connectivity index (χ4n) is 1.58. The monoisotopic (exact) mass is 318 g/mol. The number of benzene rings is 2. The summed E-state index contributed by atoms with van der Waals surface area (Å²) in [6.07, 6.45) is 0. The minimum Gasteiger partial charge on any atom is -0.479 e. The number of hydrogen-bond donors (Lipinski definition) is 0. The van der Waals surface area contributed by atoms with Crippen molar-refractivity contribution >= 4 is 17.4 Å². The first kappa shape index (κ1) is 15.3. The fraction of sp³-hybridized carbons (Fsp3) is 0.0714. The van der Waals surface area contributed by atoms with Crippen LogP contribution in [-0.4, -0.2) is 12.4 Å². The lowest BCUT2D eigenvalue weighted by Gasteiger charge is -2.09. The summed E-state index contributed by atoms with van der Waals surface area (Å²) in [7, 11) is 0. The number of hydrogen-bond acceptors (Lipinski definition) is 2. The average Bonchev–Trinajstić information content (AvgIpc) is 2.45. The Hall–Kier alpha value is -2.08. The van der Waals surface area contributed by atoms with Crippen LogP contribution in [0.3, 0.4) is 0 Å². The molecule has 0 bridgehead atoms. The molecule has 7 heteroatoms. The number of halogens is 5. The first-order valence-corrected chi connectivity index (χ1v) is 6.03. The molecule has 0 fully saturated rings. The van der Waals surface area contributed by atoms with E-state index in [1.807, 2.05) is 0 Å². The third kappa shape index (κ3) is 3.16. The molecule has 0 unspecified atom stereocenters. The lowest BCUT2D eigenvalue weighted by Crippen LogP contribution is -2.14. The second-order valence-electron chi connectivity index (χ2n) is 3.99. The third-order valence-electron chi connectivity index (χ3n) is 2.59. The molecule has 0 atom stereocenters. The Morgan fingerprint density at radius 2 is 1.62 bits per heavy atom. The highest BCUT2D eigenvalue weighted by molar-refractivity contribution is 6.34. The smallest absolute Gasteiger partial charge is 0.203 e. The van der Waals surface area contributed by atoms with Gasteiger partial charge in [0.25, 0.3) is 0 Å². The van der Waals surface area contributed by atoms with Crippen LogP contribution >= 0.6 is 11.6 Å². The Bertz CT molecular complexity index is 677. The molecule has 21 heavy (non-hydrogen) atoms. The molecule has 0 spiro atoms. The molecule has 2 rings (SSSR count). The summed E-state index contributed by atoms with van der Waals surface area (Å²) in [5, 5.41) is 0.123. The summed E-state index contributed by atoms with van der Waals surface area (Å²) in [6, 6.07) is 5.99. The Morgan fingerprint density at radius 3 is 2.19 bits per heavy atom. The average molecular weight is 319 g/mol. The lowest BCUT2D eigenvalue weighted by molar-refractivity contribution is 0.0914. The minimum atomic E-state index is -1.71. The zero-order valence-corrected chi connectivity index (χ0v) is 11.1. The largest absolute Gasteiger partial charge is 0.479 e. The van der Waals surface area contributed by atoms with Crippen LogP contribution in [0.1, 0.15) is 10.4 Å². The van der Waals surface area contributed by atoms with E-state index in [9.17, 15) is 22.4 Å². The summed E-state index contributed by atoms with van der Waals surface area (Å²) in [4.78, 5) is 11.8. The molecule has 0 N–H and O–H groups in total. The van der Waals surface area contributed by atoms with Crippen molar-refractivity contribution < 1.29 is 27.1 Å². The van der Waals surface area contributed by atoms with E-state index in [2.05, 4.69) is 4.74 Å². The molecule has 0 aliphatic rings. The van der Waals surface area contributed by atoms with Crippen molar-refractivity contribution in [2.75, 3.05) is 6.61 Å². The van der Waals surface area contributed by atoms with Gasteiger partial charge in [-0.25, -0.2) is 8.78 Å². The topological polar surface area (TPSA) is 26.3 Å². The molecule has 0 amide bonds. The van der Waals surface area contributed by atoms with Gasteiger partial charge >= 0.3 is 0 Å². The van der Waals surface area contributed by atoms with E-state index < -0.39 is 41.4 Å². The summed E-state index contributed by atoms with van der Waals surface area (Å²) >= 11 is 5.77. The lowest BCUT2D eigenvalue weighted by atomic mass is 10.1. The number of carbonyl (C=O) groups excluding carboxylic acids is 1. The van der Waals surface area contributed by atoms with Crippen molar-refractivity contribution in [1.29, 1.82) is 0 Å². The zero-order valence-electron chi connectivity index (χ0n) is 10.3. The van der Waals surface area contributed by atoms with Crippen LogP contribution in [0.4, 0.5) is 17.6 Å². The summed E-state index contributed by atoms with van der Waals surface area (Å²) in [6.45, 7) is -0.819. The van der Waals surface area contributed by atoms with Gasteiger partial charge in [-0.15, -0.1) is 0 Å². The van der Waals surface area contributed by atoms with Crippen LogP contribution in [0.2, 0.25) is 5.02 Å². The second kappa shape index (κ2) is 6.13. The SMILES string of the molecule is O=C(COc1c(F)c(F)cc(F)c1F)c1ccccc1Cl. The highest BCUT2D eigenvalue weighted by Gasteiger charge is 2.22. The highest BCUT2D eigenvalue weighted by atomic mass is 35.5. The first-order valence-electron chi connectivity index (χ1n) is 5.65. The maximum absolute atomic E-state index is 13.3. The number of rotatable bonds is 4. The molecule has 0 saturated carbocycles. The zero-order chi connectivity index (χ0) is 15.6. The molecule has 2 nitrogen and oxygen atoms in total. The number of Topliss-reactive ketones (excluding diaryl/α,β-unsaturated/α-hetero) is 1. The van der Waals surface area contributed by atoms with Gasteiger partial charge in [0.05, 0.1) is 5.02 Å². The van der Waals surface area contributed by atoms with Crippen molar-refractivity contribution in [2.24, 2.45) is 0 Å². The molecule has 0 radical (unpaired) electrons. The predicted molar refractivity (Wildman–Crippen MR) is 67.6 cm³/mol. The van der Waals surface area contributed by atoms with E-state index in [1.54, 1.807) is 6.07 Å². The van der Waals surface area contributed by atoms with Crippen molar-refractivity contribution in [3.05, 3.63) is 64.2 Å². The summed E-state index contributed by atoms with van der Waals surface area (Å²) in [5.41, 5.74) is 0.0665. The van der Waals surface area contributed by atoms with Crippen LogP contribution in [-0.2, 0) is 0 Å². The van der Waals surface area contributed by atoms with Crippen LogP contribution in [0.15, 0.2) is 30.3 Å². The van der Waals surface area contributed by atoms with Gasteiger partial charge in [-0.05, 0) is 12.1 Å². The molecular formula is C14H7ClF4O2. The molecule has 0 saturated heterocycles. The van der Waals surface area contributed by atoms with Crippen LogP contribution in [0, 0.1) is 23.3 Å². The van der Waals surface area contributed by atoms with E-state index in [4.69, 9.17) is 11.6 Å². The van der Waals surface area contributed by atoms with Gasteiger partial charge in [-0.3, -0.25) is 4.79 Å². The molecule has 0 heterocycles. The fourth-order valence-corrected chi connectivity index (χ4v) is 1.82. The Balaban J connectivity index is 2.21. The number of ketones is 1. The quantitative estimate of drug-likeness (QED) is 0.481. The molecule has 0 aromatic heterocycles. The number of ether oxygens (including phenoxy) is 1.